The van der Waals surface area contributed by atoms with E-state index in [1.807, 2.05) is 68.4 Å². The van der Waals surface area contributed by atoms with Crippen molar-refractivity contribution in [3.63, 3.8) is 0 Å². The van der Waals surface area contributed by atoms with Gasteiger partial charge >= 0.3 is 0 Å². The van der Waals surface area contributed by atoms with Gasteiger partial charge in [0.2, 0.25) is 15.9 Å². The maximum absolute atomic E-state index is 13.2. The van der Waals surface area contributed by atoms with Gasteiger partial charge in [0.05, 0.1) is 17.5 Å². The molecule has 3 rings (SSSR count). The van der Waals surface area contributed by atoms with E-state index in [9.17, 15) is 13.2 Å². The molecule has 3 aromatic carbocycles. The summed E-state index contributed by atoms with van der Waals surface area (Å²) in [5.41, 5.74) is 1.76. The topological polar surface area (TPSA) is 84.5 Å². The predicted octanol–water partition coefficient (Wildman–Crippen LogP) is 4.61. The Labute approximate surface area is 203 Å². The highest BCUT2D eigenvalue weighted by Gasteiger charge is 2.27. The van der Waals surface area contributed by atoms with Crippen molar-refractivity contribution in [3.8, 4) is 5.75 Å². The second-order valence-electron chi connectivity index (χ2n) is 7.55. The van der Waals surface area contributed by atoms with Crippen LogP contribution in [0.5, 0.6) is 5.75 Å². The highest BCUT2D eigenvalue weighted by molar-refractivity contribution is 9.10. The fourth-order valence-corrected chi connectivity index (χ4v) is 4.96. The number of halogens is 1. The third kappa shape index (κ3) is 7.15. The molecule has 1 amide bonds. The number of nitrogens with one attached hydrogen (secondary N) is 2. The van der Waals surface area contributed by atoms with Gasteiger partial charge in [0.15, 0.2) is 0 Å². The van der Waals surface area contributed by atoms with Gasteiger partial charge in [-0.15, -0.1) is 0 Å². The van der Waals surface area contributed by atoms with Gasteiger partial charge in [0.1, 0.15) is 11.8 Å². The average molecular weight is 531 g/mol. The first-order chi connectivity index (χ1) is 15.8. The molecular formula is C25H27BrN2O4S. The minimum atomic E-state index is -3.94. The maximum Gasteiger partial charge on any atom is 0.241 e. The maximum atomic E-state index is 13.2. The van der Waals surface area contributed by atoms with Crippen LogP contribution in [0.2, 0.25) is 0 Å². The zero-order valence-electron chi connectivity index (χ0n) is 18.5. The van der Waals surface area contributed by atoms with Crippen LogP contribution in [0.3, 0.4) is 0 Å². The molecule has 0 heterocycles. The average Bonchev–Trinajstić information content (AvgIpc) is 2.80. The monoisotopic (exact) mass is 530 g/mol. The first-order valence-electron chi connectivity index (χ1n) is 10.6. The van der Waals surface area contributed by atoms with Crippen molar-refractivity contribution in [2.45, 2.75) is 37.2 Å². The van der Waals surface area contributed by atoms with Crippen molar-refractivity contribution in [1.82, 2.24) is 10.0 Å². The summed E-state index contributed by atoms with van der Waals surface area (Å²) in [7, 11) is -3.94. The molecule has 0 radical (unpaired) electrons. The number of carbonyl (C=O) groups excluding carboxylic acids is 1. The fourth-order valence-electron chi connectivity index (χ4n) is 3.35. The van der Waals surface area contributed by atoms with E-state index in [1.54, 1.807) is 12.1 Å². The fraction of sp³-hybridized carbons (Fsp3) is 0.240. The lowest BCUT2D eigenvalue weighted by Crippen LogP contribution is -2.48. The molecule has 6 nitrogen and oxygen atoms in total. The Hall–Kier alpha value is -2.68. The van der Waals surface area contributed by atoms with Gasteiger partial charge in [-0.05, 0) is 67.8 Å². The summed E-state index contributed by atoms with van der Waals surface area (Å²) in [4.78, 5) is 13.3. The van der Waals surface area contributed by atoms with Crippen LogP contribution in [0.25, 0.3) is 0 Å². The molecule has 0 bridgehead atoms. The van der Waals surface area contributed by atoms with Crippen molar-refractivity contribution in [2.75, 3.05) is 6.61 Å². The molecule has 33 heavy (non-hydrogen) atoms. The van der Waals surface area contributed by atoms with Crippen LogP contribution in [0.15, 0.2) is 88.2 Å². The Kier molecular flexibility index (Phi) is 8.66. The summed E-state index contributed by atoms with van der Waals surface area (Å²) in [6, 6.07) is 21.8. The van der Waals surface area contributed by atoms with Gasteiger partial charge in [0, 0.05) is 4.47 Å². The number of hydrogen-bond acceptors (Lipinski definition) is 4. The van der Waals surface area contributed by atoms with Crippen LogP contribution < -0.4 is 14.8 Å². The number of rotatable bonds is 10. The lowest BCUT2D eigenvalue weighted by molar-refractivity contribution is -0.123. The minimum absolute atomic E-state index is 0.0665. The molecule has 0 aliphatic heterocycles. The smallest absolute Gasteiger partial charge is 0.241 e. The molecule has 2 N–H and O–H groups in total. The standard InChI is InChI=1S/C25H27BrN2O4S/c1-3-32-22-12-14-23(15-13-22)33(30,31)28-24(16-19-8-5-4-6-9-19)25(29)27-18(2)20-10-7-11-21(26)17-20/h4-15,17-18,24,28H,3,16H2,1-2H3,(H,27,29)/t18-,24+/m0/s1. The van der Waals surface area contributed by atoms with Crippen molar-refractivity contribution in [3.05, 3.63) is 94.5 Å². The van der Waals surface area contributed by atoms with E-state index < -0.39 is 22.0 Å². The van der Waals surface area contributed by atoms with Crippen molar-refractivity contribution in [2.24, 2.45) is 0 Å². The first-order valence-corrected chi connectivity index (χ1v) is 12.9. The molecule has 0 unspecified atom stereocenters. The van der Waals surface area contributed by atoms with Crippen molar-refractivity contribution >= 4 is 31.9 Å². The second-order valence-corrected chi connectivity index (χ2v) is 10.2. The highest BCUT2D eigenvalue weighted by Crippen LogP contribution is 2.19. The summed E-state index contributed by atoms with van der Waals surface area (Å²) < 4.78 is 35.0. The van der Waals surface area contributed by atoms with E-state index >= 15 is 0 Å². The molecule has 0 aliphatic rings. The van der Waals surface area contributed by atoms with E-state index in [0.717, 1.165) is 15.6 Å². The summed E-state index contributed by atoms with van der Waals surface area (Å²) >= 11 is 3.44. The zero-order chi connectivity index (χ0) is 23.8. The molecule has 0 aliphatic carbocycles. The molecule has 0 aromatic heterocycles. The number of carbonyl (C=O) groups is 1. The van der Waals surface area contributed by atoms with E-state index in [2.05, 4.69) is 26.0 Å². The molecule has 174 valence electrons. The molecular weight excluding hydrogens is 504 g/mol. The summed E-state index contributed by atoms with van der Waals surface area (Å²) in [6.07, 6.45) is 0.216. The minimum Gasteiger partial charge on any atom is -0.494 e. The Balaban J connectivity index is 1.81. The largest absolute Gasteiger partial charge is 0.494 e. The quantitative estimate of drug-likeness (QED) is 0.400. The van der Waals surface area contributed by atoms with Crippen LogP contribution in [-0.2, 0) is 21.2 Å². The predicted molar refractivity (Wildman–Crippen MR) is 133 cm³/mol. The van der Waals surface area contributed by atoms with Gasteiger partial charge < -0.3 is 10.1 Å². The SMILES string of the molecule is CCOc1ccc(S(=O)(=O)N[C@H](Cc2ccccc2)C(=O)N[C@@H](C)c2cccc(Br)c2)cc1. The zero-order valence-corrected chi connectivity index (χ0v) is 20.9. The van der Waals surface area contributed by atoms with E-state index in [0.29, 0.717) is 12.4 Å². The number of amides is 1. The summed E-state index contributed by atoms with van der Waals surface area (Å²) in [5, 5.41) is 2.94. The van der Waals surface area contributed by atoms with Gasteiger partial charge in [-0.3, -0.25) is 4.79 Å². The number of benzene rings is 3. The van der Waals surface area contributed by atoms with Gasteiger partial charge in [0.25, 0.3) is 0 Å². The second kappa shape index (κ2) is 11.4. The highest BCUT2D eigenvalue weighted by atomic mass is 79.9. The lowest BCUT2D eigenvalue weighted by Gasteiger charge is -2.22. The van der Waals surface area contributed by atoms with Crippen LogP contribution in [0.1, 0.15) is 31.0 Å². The molecule has 0 saturated carbocycles. The lowest BCUT2D eigenvalue weighted by atomic mass is 10.0. The third-order valence-electron chi connectivity index (χ3n) is 5.05. The number of hydrogen-bond donors (Lipinski definition) is 2. The summed E-state index contributed by atoms with van der Waals surface area (Å²) in [6.45, 7) is 4.20. The molecule has 0 spiro atoms. The Morgan fingerprint density at radius 3 is 2.33 bits per heavy atom. The molecule has 0 saturated heterocycles. The molecule has 0 fully saturated rings. The van der Waals surface area contributed by atoms with E-state index in [-0.39, 0.29) is 17.4 Å². The van der Waals surface area contributed by atoms with Crippen LogP contribution in [0, 0.1) is 0 Å². The molecule has 8 heteroatoms. The van der Waals surface area contributed by atoms with E-state index in [1.165, 1.54) is 12.1 Å². The van der Waals surface area contributed by atoms with Gasteiger partial charge in [-0.1, -0.05) is 58.4 Å². The van der Waals surface area contributed by atoms with E-state index in [4.69, 9.17) is 4.74 Å². The van der Waals surface area contributed by atoms with Crippen LogP contribution in [0.4, 0.5) is 0 Å². The van der Waals surface area contributed by atoms with Crippen molar-refractivity contribution < 1.29 is 17.9 Å². The Bertz CT molecular complexity index is 1170. The normalized spacial score (nSPS) is 13.2. The van der Waals surface area contributed by atoms with Crippen LogP contribution in [-0.4, -0.2) is 27.0 Å². The Morgan fingerprint density at radius 2 is 1.70 bits per heavy atom. The van der Waals surface area contributed by atoms with Gasteiger partial charge in [-0.2, -0.15) is 4.72 Å². The van der Waals surface area contributed by atoms with Crippen LogP contribution >= 0.6 is 15.9 Å². The number of sulfonamides is 1. The first kappa shape index (κ1) is 25.0. The number of ether oxygens (including phenoxy) is 1. The third-order valence-corrected chi connectivity index (χ3v) is 7.03. The summed E-state index contributed by atoms with van der Waals surface area (Å²) in [5.74, 6) is 0.179. The van der Waals surface area contributed by atoms with Gasteiger partial charge in [-0.25, -0.2) is 8.42 Å². The molecule has 3 aromatic rings. The van der Waals surface area contributed by atoms with Crippen molar-refractivity contribution in [1.29, 1.82) is 0 Å². The molecule has 2 atom stereocenters. The Morgan fingerprint density at radius 1 is 1.00 bits per heavy atom.